The Morgan fingerprint density at radius 3 is 2.38 bits per heavy atom. The van der Waals surface area contributed by atoms with Crippen LogP contribution < -0.4 is 15.4 Å². The van der Waals surface area contributed by atoms with Gasteiger partial charge < -0.3 is 15.4 Å². The van der Waals surface area contributed by atoms with E-state index in [0.717, 1.165) is 0 Å². The molecule has 21 heavy (non-hydrogen) atoms. The van der Waals surface area contributed by atoms with Crippen molar-refractivity contribution in [2.24, 2.45) is 0 Å². The number of aromatic nitrogens is 1. The minimum absolute atomic E-state index is 0.169. The maximum atomic E-state index is 12.1. The van der Waals surface area contributed by atoms with E-state index in [4.69, 9.17) is 4.74 Å². The molecular formula is C15H15N3O3. The first kappa shape index (κ1) is 14.5. The van der Waals surface area contributed by atoms with Gasteiger partial charge in [-0.05, 0) is 24.3 Å². The third-order valence-corrected chi connectivity index (χ3v) is 2.65. The molecular weight excluding hydrogens is 270 g/mol. The van der Waals surface area contributed by atoms with Crippen molar-refractivity contribution in [1.29, 1.82) is 0 Å². The number of nitrogens with zero attached hydrogens (tertiary/aromatic N) is 1. The number of amides is 2. The van der Waals surface area contributed by atoms with Crippen LogP contribution in [0.4, 0.5) is 11.4 Å². The molecule has 0 aliphatic carbocycles. The van der Waals surface area contributed by atoms with Crippen molar-refractivity contribution in [2.45, 2.75) is 6.92 Å². The molecule has 2 rings (SSSR count). The van der Waals surface area contributed by atoms with Crippen molar-refractivity contribution in [1.82, 2.24) is 4.98 Å². The van der Waals surface area contributed by atoms with Gasteiger partial charge in [0.15, 0.2) is 0 Å². The van der Waals surface area contributed by atoms with Crippen LogP contribution in [0.15, 0.2) is 42.6 Å². The average molecular weight is 285 g/mol. The summed E-state index contributed by atoms with van der Waals surface area (Å²) in [6.07, 6.45) is 1.44. The molecule has 0 atom stereocenters. The van der Waals surface area contributed by atoms with Gasteiger partial charge in [0, 0.05) is 30.6 Å². The number of methoxy groups -OCH3 is 1. The Bertz CT molecular complexity index is 653. The number of hydrogen-bond acceptors (Lipinski definition) is 4. The number of rotatable bonds is 4. The summed E-state index contributed by atoms with van der Waals surface area (Å²) in [5.41, 5.74) is 1.62. The second kappa shape index (κ2) is 6.51. The standard InChI is InChI=1S/C15H15N3O3/c1-10(19)17-12-4-3-5-13(8-12)18-15(20)11-6-7-14(21-2)16-9-11/h3-9H,1-2H3,(H,17,19)(H,18,20). The third-order valence-electron chi connectivity index (χ3n) is 2.65. The van der Waals surface area contributed by atoms with Gasteiger partial charge in [-0.1, -0.05) is 6.07 Å². The second-order valence-corrected chi connectivity index (χ2v) is 4.31. The summed E-state index contributed by atoms with van der Waals surface area (Å²) in [6.45, 7) is 1.42. The molecule has 0 aliphatic rings. The zero-order valence-electron chi connectivity index (χ0n) is 11.7. The third kappa shape index (κ3) is 4.04. The van der Waals surface area contributed by atoms with E-state index in [9.17, 15) is 9.59 Å². The minimum Gasteiger partial charge on any atom is -0.481 e. The Morgan fingerprint density at radius 1 is 1.10 bits per heavy atom. The molecule has 0 unspecified atom stereocenters. The predicted molar refractivity (Wildman–Crippen MR) is 79.5 cm³/mol. The summed E-state index contributed by atoms with van der Waals surface area (Å²) in [7, 11) is 1.51. The van der Waals surface area contributed by atoms with Crippen molar-refractivity contribution in [2.75, 3.05) is 17.7 Å². The lowest BCUT2D eigenvalue weighted by molar-refractivity contribution is -0.114. The van der Waals surface area contributed by atoms with Crippen molar-refractivity contribution >= 4 is 23.2 Å². The highest BCUT2D eigenvalue weighted by atomic mass is 16.5. The maximum Gasteiger partial charge on any atom is 0.257 e. The fourth-order valence-corrected chi connectivity index (χ4v) is 1.72. The lowest BCUT2D eigenvalue weighted by atomic mass is 10.2. The summed E-state index contributed by atoms with van der Waals surface area (Å²) in [6, 6.07) is 10.1. The number of anilines is 2. The first-order chi connectivity index (χ1) is 10.1. The topological polar surface area (TPSA) is 80.3 Å². The van der Waals surface area contributed by atoms with Crippen molar-refractivity contribution < 1.29 is 14.3 Å². The van der Waals surface area contributed by atoms with Crippen LogP contribution in [0.25, 0.3) is 0 Å². The summed E-state index contributed by atoms with van der Waals surface area (Å²) >= 11 is 0. The molecule has 2 aromatic rings. The fourth-order valence-electron chi connectivity index (χ4n) is 1.72. The van der Waals surface area contributed by atoms with Gasteiger partial charge in [-0.15, -0.1) is 0 Å². The van der Waals surface area contributed by atoms with E-state index in [1.165, 1.54) is 20.2 Å². The van der Waals surface area contributed by atoms with E-state index < -0.39 is 0 Å². The molecule has 0 spiro atoms. The monoisotopic (exact) mass is 285 g/mol. The van der Waals surface area contributed by atoms with E-state index in [0.29, 0.717) is 22.8 Å². The molecule has 2 N–H and O–H groups in total. The van der Waals surface area contributed by atoms with Crippen LogP contribution in [0.2, 0.25) is 0 Å². The van der Waals surface area contributed by atoms with E-state index in [2.05, 4.69) is 15.6 Å². The Hall–Kier alpha value is -2.89. The highest BCUT2D eigenvalue weighted by molar-refractivity contribution is 6.04. The number of hydrogen-bond donors (Lipinski definition) is 2. The van der Waals surface area contributed by atoms with Gasteiger partial charge in [0.25, 0.3) is 5.91 Å². The molecule has 1 aromatic heterocycles. The Balaban J connectivity index is 2.09. The van der Waals surface area contributed by atoms with Gasteiger partial charge in [-0.25, -0.2) is 4.98 Å². The lowest BCUT2D eigenvalue weighted by Crippen LogP contribution is -2.13. The van der Waals surface area contributed by atoms with Gasteiger partial charge in [-0.3, -0.25) is 9.59 Å². The number of ether oxygens (including phenoxy) is 1. The van der Waals surface area contributed by atoms with Crippen LogP contribution in [0, 0.1) is 0 Å². The molecule has 108 valence electrons. The Morgan fingerprint density at radius 2 is 1.81 bits per heavy atom. The molecule has 0 saturated carbocycles. The van der Waals surface area contributed by atoms with Gasteiger partial charge >= 0.3 is 0 Å². The lowest BCUT2D eigenvalue weighted by Gasteiger charge is -2.08. The van der Waals surface area contributed by atoms with Gasteiger partial charge in [-0.2, -0.15) is 0 Å². The van der Waals surface area contributed by atoms with Crippen molar-refractivity contribution in [3.05, 3.63) is 48.2 Å². The molecule has 0 fully saturated rings. The smallest absolute Gasteiger partial charge is 0.257 e. The average Bonchev–Trinajstić information content (AvgIpc) is 2.47. The second-order valence-electron chi connectivity index (χ2n) is 4.31. The van der Waals surface area contributed by atoms with E-state index in [1.54, 1.807) is 36.4 Å². The minimum atomic E-state index is -0.287. The highest BCUT2D eigenvalue weighted by Crippen LogP contribution is 2.16. The quantitative estimate of drug-likeness (QED) is 0.903. The molecule has 0 saturated heterocycles. The summed E-state index contributed by atoms with van der Waals surface area (Å²) in [4.78, 5) is 27.1. The number of carbonyl (C=O) groups excluding carboxylic acids is 2. The van der Waals surface area contributed by atoms with Crippen LogP contribution >= 0.6 is 0 Å². The molecule has 2 amide bonds. The zero-order chi connectivity index (χ0) is 15.2. The van der Waals surface area contributed by atoms with E-state index in [1.807, 2.05) is 0 Å². The van der Waals surface area contributed by atoms with E-state index >= 15 is 0 Å². The Labute approximate surface area is 122 Å². The Kier molecular flexibility index (Phi) is 4.50. The number of pyridine rings is 1. The molecule has 6 nitrogen and oxygen atoms in total. The van der Waals surface area contributed by atoms with E-state index in [-0.39, 0.29) is 11.8 Å². The van der Waals surface area contributed by atoms with Crippen molar-refractivity contribution in [3.63, 3.8) is 0 Å². The first-order valence-electron chi connectivity index (χ1n) is 6.27. The molecule has 0 aliphatic heterocycles. The highest BCUT2D eigenvalue weighted by Gasteiger charge is 2.07. The molecule has 0 bridgehead atoms. The van der Waals surface area contributed by atoms with Crippen LogP contribution in [0.3, 0.4) is 0 Å². The zero-order valence-corrected chi connectivity index (χ0v) is 11.7. The summed E-state index contributed by atoms with van der Waals surface area (Å²) < 4.78 is 4.94. The van der Waals surface area contributed by atoms with Crippen molar-refractivity contribution in [3.8, 4) is 5.88 Å². The number of nitrogens with one attached hydrogen (secondary N) is 2. The van der Waals surface area contributed by atoms with Gasteiger partial charge in [0.2, 0.25) is 11.8 Å². The SMILES string of the molecule is COc1ccc(C(=O)Nc2cccc(NC(C)=O)c2)cn1. The largest absolute Gasteiger partial charge is 0.481 e. The van der Waals surface area contributed by atoms with Gasteiger partial charge in [0.1, 0.15) is 0 Å². The molecule has 6 heteroatoms. The molecule has 0 radical (unpaired) electrons. The van der Waals surface area contributed by atoms with Crippen LogP contribution in [0.5, 0.6) is 5.88 Å². The fraction of sp³-hybridized carbons (Fsp3) is 0.133. The first-order valence-corrected chi connectivity index (χ1v) is 6.27. The normalized spacial score (nSPS) is 9.81. The summed E-state index contributed by atoms with van der Waals surface area (Å²) in [5.74, 6) is -0.0119. The van der Waals surface area contributed by atoms with Crippen LogP contribution in [-0.4, -0.2) is 23.9 Å². The summed E-state index contributed by atoms with van der Waals surface area (Å²) in [5, 5.41) is 5.39. The van der Waals surface area contributed by atoms with Crippen LogP contribution in [-0.2, 0) is 4.79 Å². The van der Waals surface area contributed by atoms with Gasteiger partial charge in [0.05, 0.1) is 12.7 Å². The maximum absolute atomic E-state index is 12.1. The predicted octanol–water partition coefficient (Wildman–Crippen LogP) is 2.30. The van der Waals surface area contributed by atoms with Crippen LogP contribution in [0.1, 0.15) is 17.3 Å². The number of carbonyl (C=O) groups is 2. The number of benzene rings is 1. The molecule has 1 heterocycles. The molecule has 1 aromatic carbocycles.